The maximum atomic E-state index is 9.39. The van der Waals surface area contributed by atoms with Crippen LogP contribution >= 0.6 is 22.6 Å². The molecule has 1 unspecified atom stereocenters. The Balaban J connectivity index is 1.79. The van der Waals surface area contributed by atoms with E-state index < -0.39 is 5.54 Å². The molecule has 0 saturated carbocycles. The normalized spacial score (nSPS) is 15.3. The molecule has 33 heavy (non-hydrogen) atoms. The minimum atomic E-state index is -0.519. The Labute approximate surface area is 207 Å². The van der Waals surface area contributed by atoms with Crippen LogP contribution in [0.5, 0.6) is 0 Å². The van der Waals surface area contributed by atoms with Crippen molar-refractivity contribution in [1.82, 2.24) is 9.78 Å². The van der Waals surface area contributed by atoms with Crippen molar-refractivity contribution < 1.29 is 0 Å². The van der Waals surface area contributed by atoms with E-state index in [0.717, 1.165) is 21.2 Å². The second kappa shape index (κ2) is 9.21. The molecular weight excluding hydrogens is 517 g/mol. The average Bonchev–Trinajstić information content (AvgIpc) is 3.28. The topological polar surface area (TPSA) is 41.6 Å². The molecule has 1 atom stereocenters. The van der Waals surface area contributed by atoms with Gasteiger partial charge in [-0.15, -0.1) is 0 Å². The van der Waals surface area contributed by atoms with E-state index in [4.69, 9.17) is 5.10 Å². The van der Waals surface area contributed by atoms with E-state index >= 15 is 0 Å². The second-order valence-electron chi connectivity index (χ2n) is 8.12. The molecule has 4 heteroatoms. The molecule has 0 amide bonds. The van der Waals surface area contributed by atoms with E-state index in [1.807, 2.05) is 24.3 Å². The first-order valence-electron chi connectivity index (χ1n) is 10.9. The van der Waals surface area contributed by atoms with Crippen LogP contribution < -0.4 is 0 Å². The Morgan fingerprint density at radius 3 is 2.21 bits per heavy atom. The number of benzene rings is 3. The molecule has 0 aliphatic heterocycles. The Morgan fingerprint density at radius 1 is 0.909 bits per heavy atom. The van der Waals surface area contributed by atoms with Crippen LogP contribution in [0.3, 0.4) is 0 Å². The quantitative estimate of drug-likeness (QED) is 0.258. The van der Waals surface area contributed by atoms with Gasteiger partial charge in [-0.1, -0.05) is 97.1 Å². The molecule has 1 heterocycles. The van der Waals surface area contributed by atoms with Gasteiger partial charge in [0.15, 0.2) is 0 Å². The highest BCUT2D eigenvalue weighted by molar-refractivity contribution is 14.1. The summed E-state index contributed by atoms with van der Waals surface area (Å²) in [7, 11) is 0. The van der Waals surface area contributed by atoms with Crippen LogP contribution in [0.1, 0.15) is 23.1 Å². The Bertz CT molecular complexity index is 1320. The third-order valence-electron chi connectivity index (χ3n) is 6.24. The third-order valence-corrected chi connectivity index (χ3v) is 7.03. The summed E-state index contributed by atoms with van der Waals surface area (Å²) < 4.78 is 3.19. The summed E-state index contributed by atoms with van der Waals surface area (Å²) in [5.74, 6) is 0.182. The molecule has 0 N–H and O–H groups in total. The van der Waals surface area contributed by atoms with Crippen LogP contribution in [0.2, 0.25) is 0 Å². The maximum Gasteiger partial charge on any atom is 0.119 e. The van der Waals surface area contributed by atoms with Crippen molar-refractivity contribution in [3.63, 3.8) is 0 Å². The first-order valence-corrected chi connectivity index (χ1v) is 12.0. The number of rotatable bonds is 5. The standard InChI is InChI=1S/C29H22IN3/c30-27-21-33(32-28(27)23-12-10-11-22(19-23)20-31)29(24-13-4-1-5-14-24,25-15-6-2-7-16-25)26-17-8-3-9-18-26/h1-17,19,21,26H,18H2. The number of hydrogen-bond acceptors (Lipinski definition) is 2. The van der Waals surface area contributed by atoms with E-state index in [2.05, 4.69) is 125 Å². The zero-order chi connectivity index (χ0) is 22.7. The summed E-state index contributed by atoms with van der Waals surface area (Å²) in [4.78, 5) is 0. The third kappa shape index (κ3) is 3.83. The van der Waals surface area contributed by atoms with Gasteiger partial charge in [0.1, 0.15) is 11.2 Å². The molecule has 1 aliphatic rings. The number of nitriles is 1. The molecule has 3 aromatic carbocycles. The zero-order valence-corrected chi connectivity index (χ0v) is 20.1. The van der Waals surface area contributed by atoms with Crippen LogP contribution in [0.25, 0.3) is 11.3 Å². The van der Waals surface area contributed by atoms with E-state index in [9.17, 15) is 5.26 Å². The fourth-order valence-corrected chi connectivity index (χ4v) is 5.45. The van der Waals surface area contributed by atoms with Crippen LogP contribution in [-0.2, 0) is 5.54 Å². The highest BCUT2D eigenvalue weighted by Crippen LogP contribution is 2.45. The van der Waals surface area contributed by atoms with Crippen molar-refractivity contribution in [3.8, 4) is 17.3 Å². The highest BCUT2D eigenvalue weighted by atomic mass is 127. The van der Waals surface area contributed by atoms with E-state index in [0.29, 0.717) is 5.56 Å². The van der Waals surface area contributed by atoms with Gasteiger partial charge in [0.2, 0.25) is 0 Å². The van der Waals surface area contributed by atoms with Crippen molar-refractivity contribution in [2.24, 2.45) is 5.92 Å². The lowest BCUT2D eigenvalue weighted by Gasteiger charge is -2.41. The molecule has 0 radical (unpaired) electrons. The lowest BCUT2D eigenvalue weighted by molar-refractivity contribution is 0.293. The summed E-state index contributed by atoms with van der Waals surface area (Å²) >= 11 is 2.36. The van der Waals surface area contributed by atoms with Gasteiger partial charge in [0.05, 0.1) is 15.2 Å². The molecule has 4 aromatic rings. The van der Waals surface area contributed by atoms with Crippen molar-refractivity contribution in [3.05, 3.63) is 136 Å². The van der Waals surface area contributed by atoms with Gasteiger partial charge in [-0.05, 0) is 52.3 Å². The van der Waals surface area contributed by atoms with Crippen molar-refractivity contribution in [1.29, 1.82) is 5.26 Å². The number of aromatic nitrogens is 2. The van der Waals surface area contributed by atoms with Gasteiger partial charge >= 0.3 is 0 Å². The largest absolute Gasteiger partial charge is 0.255 e. The van der Waals surface area contributed by atoms with Crippen LogP contribution in [-0.4, -0.2) is 9.78 Å². The average molecular weight is 539 g/mol. The molecule has 5 rings (SSSR count). The number of hydrogen-bond donors (Lipinski definition) is 0. The lowest BCUT2D eigenvalue weighted by atomic mass is 9.70. The molecule has 1 aromatic heterocycles. The molecule has 1 aliphatic carbocycles. The monoisotopic (exact) mass is 539 g/mol. The Hall–Kier alpha value is -3.43. The molecule has 0 bridgehead atoms. The van der Waals surface area contributed by atoms with E-state index in [-0.39, 0.29) is 5.92 Å². The van der Waals surface area contributed by atoms with E-state index in [1.165, 1.54) is 11.1 Å². The van der Waals surface area contributed by atoms with E-state index in [1.54, 1.807) is 0 Å². The fourth-order valence-electron chi connectivity index (χ4n) is 4.77. The number of nitrogens with zero attached hydrogens (tertiary/aromatic N) is 3. The first kappa shape index (κ1) is 21.4. The molecule has 0 spiro atoms. The van der Waals surface area contributed by atoms with Gasteiger partial charge in [-0.2, -0.15) is 10.4 Å². The van der Waals surface area contributed by atoms with Crippen LogP contribution in [0.15, 0.2) is 115 Å². The van der Waals surface area contributed by atoms with Gasteiger partial charge in [0, 0.05) is 17.7 Å². The molecule has 0 fully saturated rings. The van der Waals surface area contributed by atoms with Crippen molar-refractivity contribution >= 4 is 22.6 Å². The van der Waals surface area contributed by atoms with Crippen molar-refractivity contribution in [2.45, 2.75) is 12.0 Å². The fraction of sp³-hybridized carbons (Fsp3) is 0.103. The SMILES string of the molecule is N#Cc1cccc(-c2nn(C(c3ccccc3)(c3ccccc3)C3C=CC=CC3)cc2I)c1. The van der Waals surface area contributed by atoms with Gasteiger partial charge in [-0.3, -0.25) is 4.68 Å². The maximum absolute atomic E-state index is 9.39. The number of allylic oxidation sites excluding steroid dienone is 4. The predicted octanol–water partition coefficient (Wildman–Crippen LogP) is 6.95. The predicted molar refractivity (Wildman–Crippen MR) is 141 cm³/mol. The lowest BCUT2D eigenvalue weighted by Crippen LogP contribution is -2.43. The number of halogens is 1. The van der Waals surface area contributed by atoms with Gasteiger partial charge < -0.3 is 0 Å². The van der Waals surface area contributed by atoms with Gasteiger partial charge in [-0.25, -0.2) is 0 Å². The van der Waals surface area contributed by atoms with Crippen LogP contribution in [0.4, 0.5) is 0 Å². The summed E-state index contributed by atoms with van der Waals surface area (Å²) in [6.45, 7) is 0. The van der Waals surface area contributed by atoms with Gasteiger partial charge in [0.25, 0.3) is 0 Å². The smallest absolute Gasteiger partial charge is 0.119 e. The first-order chi connectivity index (χ1) is 16.2. The Morgan fingerprint density at radius 2 is 1.61 bits per heavy atom. The molecule has 3 nitrogen and oxygen atoms in total. The van der Waals surface area contributed by atoms with Crippen LogP contribution in [0, 0.1) is 20.8 Å². The zero-order valence-electron chi connectivity index (χ0n) is 18.0. The minimum Gasteiger partial charge on any atom is -0.255 e. The second-order valence-corrected chi connectivity index (χ2v) is 9.28. The molecule has 0 saturated heterocycles. The molecular formula is C29H22IN3. The Kier molecular flexibility index (Phi) is 5.97. The summed E-state index contributed by atoms with van der Waals surface area (Å²) in [6.07, 6.45) is 11.8. The summed E-state index contributed by atoms with van der Waals surface area (Å²) in [5, 5.41) is 14.6. The highest BCUT2D eigenvalue weighted by Gasteiger charge is 2.44. The van der Waals surface area contributed by atoms with Crippen molar-refractivity contribution in [2.75, 3.05) is 0 Å². The summed E-state index contributed by atoms with van der Waals surface area (Å²) in [6, 6.07) is 31.2. The minimum absolute atomic E-state index is 0.182. The molecule has 160 valence electrons. The summed E-state index contributed by atoms with van der Waals surface area (Å²) in [5.41, 5.74) is 4.34.